The van der Waals surface area contributed by atoms with E-state index in [2.05, 4.69) is 10.6 Å². The second kappa shape index (κ2) is 10.3. The molecule has 0 unspecified atom stereocenters. The number of aliphatic carboxylic acids is 1. The van der Waals surface area contributed by atoms with Crippen LogP contribution in [-0.4, -0.2) is 47.0 Å². The van der Waals surface area contributed by atoms with Crippen molar-refractivity contribution in [1.82, 2.24) is 10.6 Å². The third kappa shape index (κ3) is 9.40. The van der Waals surface area contributed by atoms with E-state index in [-0.39, 0.29) is 24.4 Å². The standard InChI is InChI=1S/C10H17NO4.C10H15NO/c1-10(2,3)15-9(14)11-7-4-6(7)5-8(12)13;1-8(11-2)10(12)9-6-4-3-5-7-9/h6-7H,4-5H2,1-3H3,(H,11,14)(H,12,13);3-8,10-12H,1-2H3/t6-,7+;8-,10-/m01/s1. The Morgan fingerprint density at radius 3 is 2.33 bits per heavy atom. The molecule has 0 bridgehead atoms. The van der Waals surface area contributed by atoms with Crippen molar-refractivity contribution >= 4 is 12.1 Å². The van der Waals surface area contributed by atoms with Crippen LogP contribution in [0.2, 0.25) is 0 Å². The lowest BCUT2D eigenvalue weighted by Gasteiger charge is -2.19. The maximum atomic E-state index is 11.3. The van der Waals surface area contributed by atoms with Gasteiger partial charge in [-0.05, 0) is 52.6 Å². The van der Waals surface area contributed by atoms with Crippen LogP contribution in [0, 0.1) is 5.92 Å². The quantitative estimate of drug-likeness (QED) is 0.604. The van der Waals surface area contributed by atoms with Gasteiger partial charge in [0.2, 0.25) is 0 Å². The van der Waals surface area contributed by atoms with Crippen LogP contribution in [0.1, 0.15) is 52.2 Å². The highest BCUT2D eigenvalue weighted by atomic mass is 16.6. The Kier molecular flexibility index (Phi) is 8.72. The summed E-state index contributed by atoms with van der Waals surface area (Å²) in [5, 5.41) is 23.9. The molecule has 152 valence electrons. The van der Waals surface area contributed by atoms with Crippen molar-refractivity contribution in [2.75, 3.05) is 7.05 Å². The fourth-order valence-electron chi connectivity index (χ4n) is 2.43. The van der Waals surface area contributed by atoms with Gasteiger partial charge in [0.15, 0.2) is 0 Å². The molecular weight excluding hydrogens is 348 g/mol. The summed E-state index contributed by atoms with van der Waals surface area (Å²) in [5.41, 5.74) is 0.445. The third-order valence-electron chi connectivity index (χ3n) is 4.13. The number of carbonyl (C=O) groups is 2. The molecule has 1 aliphatic rings. The first-order valence-corrected chi connectivity index (χ1v) is 9.15. The van der Waals surface area contributed by atoms with E-state index in [9.17, 15) is 14.7 Å². The van der Waals surface area contributed by atoms with Crippen LogP contribution in [0.5, 0.6) is 0 Å². The molecule has 0 heterocycles. The van der Waals surface area contributed by atoms with Crippen molar-refractivity contribution in [2.45, 2.75) is 64.3 Å². The number of aliphatic hydroxyl groups is 1. The average Bonchev–Trinajstić information content (AvgIpc) is 3.29. The molecule has 1 fully saturated rings. The van der Waals surface area contributed by atoms with Gasteiger partial charge in [-0.1, -0.05) is 30.3 Å². The highest BCUT2D eigenvalue weighted by Crippen LogP contribution is 2.33. The minimum Gasteiger partial charge on any atom is -0.481 e. The molecule has 4 atom stereocenters. The fourth-order valence-corrected chi connectivity index (χ4v) is 2.43. The van der Waals surface area contributed by atoms with Gasteiger partial charge in [0.1, 0.15) is 5.60 Å². The number of amides is 1. The predicted molar refractivity (Wildman–Crippen MR) is 103 cm³/mol. The summed E-state index contributed by atoms with van der Waals surface area (Å²) in [6, 6.07) is 9.72. The van der Waals surface area contributed by atoms with Crippen LogP contribution in [0.3, 0.4) is 0 Å². The number of likely N-dealkylation sites (N-methyl/N-ethyl adjacent to an activating group) is 1. The largest absolute Gasteiger partial charge is 0.481 e. The van der Waals surface area contributed by atoms with Gasteiger partial charge >= 0.3 is 12.1 Å². The Morgan fingerprint density at radius 1 is 1.26 bits per heavy atom. The van der Waals surface area contributed by atoms with Crippen molar-refractivity contribution in [3.8, 4) is 0 Å². The Hall–Kier alpha value is -2.12. The zero-order chi connectivity index (χ0) is 20.6. The molecule has 7 heteroatoms. The number of carboxylic acid groups (broad SMARTS) is 1. The molecule has 2 rings (SSSR count). The van der Waals surface area contributed by atoms with E-state index in [0.717, 1.165) is 12.0 Å². The fraction of sp³-hybridized carbons (Fsp3) is 0.600. The summed E-state index contributed by atoms with van der Waals surface area (Å²) >= 11 is 0. The van der Waals surface area contributed by atoms with Crippen LogP contribution < -0.4 is 10.6 Å². The molecule has 0 aromatic heterocycles. The summed E-state index contributed by atoms with van der Waals surface area (Å²) in [5.74, 6) is -0.761. The third-order valence-corrected chi connectivity index (χ3v) is 4.13. The summed E-state index contributed by atoms with van der Waals surface area (Å²) in [6.45, 7) is 7.31. The zero-order valence-electron chi connectivity index (χ0n) is 16.7. The molecule has 4 N–H and O–H groups in total. The van der Waals surface area contributed by atoms with E-state index in [4.69, 9.17) is 9.84 Å². The van der Waals surface area contributed by atoms with Crippen molar-refractivity contribution in [3.05, 3.63) is 35.9 Å². The van der Waals surface area contributed by atoms with Gasteiger partial charge in [0, 0.05) is 12.1 Å². The first-order valence-electron chi connectivity index (χ1n) is 9.15. The van der Waals surface area contributed by atoms with Crippen molar-refractivity contribution < 1.29 is 24.5 Å². The number of carbonyl (C=O) groups excluding carboxylic acids is 1. The summed E-state index contributed by atoms with van der Waals surface area (Å²) < 4.78 is 5.04. The summed E-state index contributed by atoms with van der Waals surface area (Å²) in [6.07, 6.45) is -0.0528. The highest BCUT2D eigenvalue weighted by molar-refractivity contribution is 5.70. The second-order valence-corrected chi connectivity index (χ2v) is 7.78. The van der Waals surface area contributed by atoms with Crippen molar-refractivity contribution in [1.29, 1.82) is 0 Å². The number of hydrogen-bond donors (Lipinski definition) is 4. The summed E-state index contributed by atoms with van der Waals surface area (Å²) in [7, 11) is 1.84. The van der Waals surface area contributed by atoms with E-state index in [1.54, 1.807) is 20.8 Å². The lowest BCUT2D eigenvalue weighted by atomic mass is 10.0. The number of carboxylic acids is 1. The number of nitrogens with one attached hydrogen (secondary N) is 2. The summed E-state index contributed by atoms with van der Waals surface area (Å²) in [4.78, 5) is 21.6. The maximum Gasteiger partial charge on any atom is 0.407 e. The smallest absolute Gasteiger partial charge is 0.407 e. The monoisotopic (exact) mass is 380 g/mol. The average molecular weight is 380 g/mol. The van der Waals surface area contributed by atoms with Crippen molar-refractivity contribution in [2.24, 2.45) is 5.92 Å². The van der Waals surface area contributed by atoms with Gasteiger partial charge in [-0.3, -0.25) is 4.79 Å². The number of rotatable bonds is 6. The lowest BCUT2D eigenvalue weighted by molar-refractivity contribution is -0.137. The van der Waals surface area contributed by atoms with Gasteiger partial charge in [-0.2, -0.15) is 0 Å². The minimum atomic E-state index is -0.825. The molecule has 0 radical (unpaired) electrons. The van der Waals surface area contributed by atoms with Gasteiger partial charge in [-0.25, -0.2) is 4.79 Å². The molecule has 0 aliphatic heterocycles. The minimum absolute atomic E-state index is 0.0315. The number of alkyl carbamates (subject to hydrolysis) is 1. The van der Waals surface area contributed by atoms with Crippen LogP contribution in [0.15, 0.2) is 30.3 Å². The first-order chi connectivity index (χ1) is 12.5. The Bertz CT molecular complexity index is 600. The van der Waals surface area contributed by atoms with E-state index in [1.165, 1.54) is 0 Å². The number of ether oxygens (including phenoxy) is 1. The van der Waals surface area contributed by atoms with Crippen molar-refractivity contribution in [3.63, 3.8) is 0 Å². The van der Waals surface area contributed by atoms with Gasteiger partial charge in [0.05, 0.1) is 12.5 Å². The van der Waals surface area contributed by atoms with E-state index >= 15 is 0 Å². The first kappa shape index (κ1) is 22.9. The molecule has 7 nitrogen and oxygen atoms in total. The molecule has 1 aromatic carbocycles. The molecule has 1 saturated carbocycles. The van der Waals surface area contributed by atoms with Gasteiger partial charge in [-0.15, -0.1) is 0 Å². The molecule has 0 spiro atoms. The normalized spacial score (nSPS) is 20.5. The predicted octanol–water partition coefficient (Wildman–Crippen LogP) is 2.70. The maximum absolute atomic E-state index is 11.3. The van der Waals surface area contributed by atoms with Crippen LogP contribution in [0.4, 0.5) is 4.79 Å². The number of hydrogen-bond acceptors (Lipinski definition) is 5. The Labute approximate surface area is 161 Å². The molecule has 1 aromatic rings. The Balaban J connectivity index is 0.000000277. The van der Waals surface area contributed by atoms with E-state index in [1.807, 2.05) is 44.3 Å². The molecular formula is C20H32N2O5. The number of benzene rings is 1. The van der Waals surface area contributed by atoms with E-state index < -0.39 is 23.8 Å². The van der Waals surface area contributed by atoms with E-state index in [0.29, 0.717) is 0 Å². The Morgan fingerprint density at radius 2 is 1.85 bits per heavy atom. The molecule has 1 aliphatic carbocycles. The zero-order valence-corrected chi connectivity index (χ0v) is 16.7. The number of aliphatic hydroxyl groups excluding tert-OH is 1. The topological polar surface area (TPSA) is 108 Å². The molecule has 0 saturated heterocycles. The SMILES string of the molecule is CC(C)(C)OC(=O)N[C@@H]1C[C@H]1CC(=O)O.CN[C@H](C)[C@@H](O)c1ccccc1. The lowest BCUT2D eigenvalue weighted by Crippen LogP contribution is -2.34. The highest BCUT2D eigenvalue weighted by Gasteiger charge is 2.40. The molecule has 1 amide bonds. The second-order valence-electron chi connectivity index (χ2n) is 7.78. The van der Waals surface area contributed by atoms with Crippen LogP contribution in [0.25, 0.3) is 0 Å². The van der Waals surface area contributed by atoms with Gasteiger partial charge < -0.3 is 25.6 Å². The molecule has 27 heavy (non-hydrogen) atoms. The van der Waals surface area contributed by atoms with Crippen LogP contribution >= 0.6 is 0 Å². The van der Waals surface area contributed by atoms with Gasteiger partial charge in [0.25, 0.3) is 0 Å². The van der Waals surface area contributed by atoms with Crippen LogP contribution in [-0.2, 0) is 9.53 Å².